The molecule has 2 atom stereocenters. The van der Waals surface area contributed by atoms with Crippen LogP contribution in [0.4, 0.5) is 0 Å². The van der Waals surface area contributed by atoms with Gasteiger partial charge in [0.2, 0.25) is 0 Å². The molecule has 2 rings (SSSR count). The van der Waals surface area contributed by atoms with Crippen LogP contribution in [0.1, 0.15) is 39.3 Å². The lowest BCUT2D eigenvalue weighted by atomic mass is 9.94. The second-order valence-electron chi connectivity index (χ2n) is 5.35. The van der Waals surface area contributed by atoms with Crippen molar-refractivity contribution in [3.05, 3.63) is 29.8 Å². The molecule has 0 bridgehead atoms. The van der Waals surface area contributed by atoms with E-state index >= 15 is 0 Å². The molecule has 1 aromatic rings. The van der Waals surface area contributed by atoms with E-state index in [1.165, 1.54) is 5.56 Å². The minimum absolute atomic E-state index is 0.213. The van der Waals surface area contributed by atoms with Gasteiger partial charge in [-0.25, -0.2) is 0 Å². The molecule has 0 saturated carbocycles. The van der Waals surface area contributed by atoms with Crippen LogP contribution in [0.15, 0.2) is 24.3 Å². The van der Waals surface area contributed by atoms with Gasteiger partial charge in [-0.1, -0.05) is 18.2 Å². The fourth-order valence-corrected chi connectivity index (χ4v) is 2.51. The zero-order valence-corrected chi connectivity index (χ0v) is 11.7. The molecule has 2 unspecified atom stereocenters. The van der Waals surface area contributed by atoms with Crippen molar-refractivity contribution in [2.45, 2.75) is 45.4 Å². The quantitative estimate of drug-likeness (QED) is 0.870. The molecule has 1 aliphatic heterocycles. The molecule has 100 valence electrons. The Morgan fingerprint density at radius 1 is 1.39 bits per heavy atom. The first kappa shape index (κ1) is 13.4. The van der Waals surface area contributed by atoms with Crippen LogP contribution in [0, 0.1) is 0 Å². The van der Waals surface area contributed by atoms with Gasteiger partial charge in [-0.2, -0.15) is 0 Å². The van der Waals surface area contributed by atoms with Crippen LogP contribution in [0.5, 0.6) is 5.75 Å². The molecule has 1 heterocycles. The Morgan fingerprint density at radius 3 is 2.83 bits per heavy atom. The molecule has 0 saturated heterocycles. The Labute approximate surface area is 109 Å². The minimum atomic E-state index is -0.213. The topological polar surface area (TPSA) is 30.5 Å². The molecule has 0 aliphatic carbocycles. The molecule has 1 N–H and O–H groups in total. The van der Waals surface area contributed by atoms with E-state index in [-0.39, 0.29) is 17.7 Å². The van der Waals surface area contributed by atoms with E-state index in [0.29, 0.717) is 0 Å². The maximum absolute atomic E-state index is 6.00. The van der Waals surface area contributed by atoms with E-state index in [2.05, 4.69) is 38.2 Å². The molecule has 18 heavy (non-hydrogen) atoms. The predicted molar refractivity (Wildman–Crippen MR) is 73.0 cm³/mol. The Kier molecular flexibility index (Phi) is 3.93. The monoisotopic (exact) mass is 249 g/mol. The second kappa shape index (κ2) is 5.29. The zero-order chi connectivity index (χ0) is 13.2. The second-order valence-corrected chi connectivity index (χ2v) is 5.35. The molecular weight excluding hydrogens is 226 g/mol. The Morgan fingerprint density at radius 2 is 2.11 bits per heavy atom. The van der Waals surface area contributed by atoms with Crippen molar-refractivity contribution in [1.29, 1.82) is 0 Å². The maximum atomic E-state index is 6.00. The molecule has 3 nitrogen and oxygen atoms in total. The highest BCUT2D eigenvalue weighted by molar-refractivity contribution is 5.42. The minimum Gasteiger partial charge on any atom is -0.486 e. The van der Waals surface area contributed by atoms with Gasteiger partial charge in [0.1, 0.15) is 11.4 Å². The van der Waals surface area contributed by atoms with Crippen molar-refractivity contribution in [2.75, 3.05) is 13.2 Å². The Balaban J connectivity index is 2.06. The molecule has 0 fully saturated rings. The van der Waals surface area contributed by atoms with Crippen LogP contribution in [-0.2, 0) is 4.74 Å². The average molecular weight is 249 g/mol. The van der Waals surface area contributed by atoms with Crippen LogP contribution in [0.25, 0.3) is 0 Å². The van der Waals surface area contributed by atoms with Crippen molar-refractivity contribution in [3.63, 3.8) is 0 Å². The standard InChI is InChI=1S/C15H23NO2/c1-5-17-11(2)10-16-14-12-8-6-7-9-13(12)18-15(14,3)4/h6-9,11,14,16H,5,10H2,1-4H3. The number of benzene rings is 1. The molecule has 0 radical (unpaired) electrons. The fraction of sp³-hybridized carbons (Fsp3) is 0.600. The summed E-state index contributed by atoms with van der Waals surface area (Å²) in [6.45, 7) is 9.94. The van der Waals surface area contributed by atoms with E-state index in [1.54, 1.807) is 0 Å². The van der Waals surface area contributed by atoms with E-state index in [4.69, 9.17) is 9.47 Å². The third kappa shape index (κ3) is 2.68. The van der Waals surface area contributed by atoms with E-state index in [9.17, 15) is 0 Å². The summed E-state index contributed by atoms with van der Waals surface area (Å²) in [4.78, 5) is 0. The lowest BCUT2D eigenvalue weighted by molar-refractivity contribution is 0.0571. The van der Waals surface area contributed by atoms with Gasteiger partial charge in [0.25, 0.3) is 0 Å². The summed E-state index contributed by atoms with van der Waals surface area (Å²) in [7, 11) is 0. The highest BCUT2D eigenvalue weighted by Gasteiger charge is 2.40. The van der Waals surface area contributed by atoms with Crippen LogP contribution in [0.2, 0.25) is 0 Å². The van der Waals surface area contributed by atoms with Crippen molar-refractivity contribution in [2.24, 2.45) is 0 Å². The number of hydrogen-bond acceptors (Lipinski definition) is 3. The van der Waals surface area contributed by atoms with Gasteiger partial charge in [0.15, 0.2) is 0 Å². The number of hydrogen-bond donors (Lipinski definition) is 1. The number of rotatable bonds is 5. The van der Waals surface area contributed by atoms with Crippen LogP contribution < -0.4 is 10.1 Å². The lowest BCUT2D eigenvalue weighted by Crippen LogP contribution is -2.41. The van der Waals surface area contributed by atoms with E-state index < -0.39 is 0 Å². The van der Waals surface area contributed by atoms with E-state index in [1.807, 2.05) is 19.1 Å². The normalized spacial score (nSPS) is 22.3. The molecule has 1 aromatic carbocycles. The summed E-state index contributed by atoms with van der Waals surface area (Å²) in [6, 6.07) is 8.46. The van der Waals surface area contributed by atoms with E-state index in [0.717, 1.165) is 18.9 Å². The number of fused-ring (bicyclic) bond motifs is 1. The summed E-state index contributed by atoms with van der Waals surface area (Å²) in [6.07, 6.45) is 0.221. The van der Waals surface area contributed by atoms with Gasteiger partial charge in [-0.05, 0) is 33.8 Å². The first-order valence-corrected chi connectivity index (χ1v) is 6.67. The third-order valence-corrected chi connectivity index (χ3v) is 3.36. The SMILES string of the molecule is CCOC(C)CNC1c2ccccc2OC1(C)C. The van der Waals surface area contributed by atoms with Crippen molar-refractivity contribution < 1.29 is 9.47 Å². The van der Waals surface area contributed by atoms with Gasteiger partial charge in [-0.3, -0.25) is 0 Å². The van der Waals surface area contributed by atoms with Crippen LogP contribution >= 0.6 is 0 Å². The number of para-hydroxylation sites is 1. The Hall–Kier alpha value is -1.06. The fourth-order valence-electron chi connectivity index (χ4n) is 2.51. The van der Waals surface area contributed by atoms with Crippen molar-refractivity contribution in [1.82, 2.24) is 5.32 Å². The molecular formula is C15H23NO2. The first-order chi connectivity index (χ1) is 8.54. The number of nitrogens with one attached hydrogen (secondary N) is 1. The third-order valence-electron chi connectivity index (χ3n) is 3.36. The average Bonchev–Trinajstić information content (AvgIpc) is 2.56. The number of ether oxygens (including phenoxy) is 2. The van der Waals surface area contributed by atoms with Crippen LogP contribution in [0.3, 0.4) is 0 Å². The molecule has 0 aromatic heterocycles. The molecule has 0 amide bonds. The summed E-state index contributed by atoms with van der Waals surface area (Å²) in [5.74, 6) is 0.990. The highest BCUT2D eigenvalue weighted by atomic mass is 16.5. The van der Waals surface area contributed by atoms with Crippen molar-refractivity contribution >= 4 is 0 Å². The maximum Gasteiger partial charge on any atom is 0.125 e. The lowest BCUT2D eigenvalue weighted by Gasteiger charge is -2.28. The zero-order valence-electron chi connectivity index (χ0n) is 11.7. The van der Waals surface area contributed by atoms with Gasteiger partial charge in [-0.15, -0.1) is 0 Å². The van der Waals surface area contributed by atoms with Gasteiger partial charge >= 0.3 is 0 Å². The Bertz CT molecular complexity index is 403. The first-order valence-electron chi connectivity index (χ1n) is 6.67. The molecule has 3 heteroatoms. The summed E-state index contributed by atoms with van der Waals surface area (Å²) >= 11 is 0. The largest absolute Gasteiger partial charge is 0.486 e. The molecule has 1 aliphatic rings. The van der Waals surface area contributed by atoms with Crippen LogP contribution in [-0.4, -0.2) is 24.9 Å². The highest BCUT2D eigenvalue weighted by Crippen LogP contribution is 2.42. The molecule has 0 spiro atoms. The predicted octanol–water partition coefficient (Wildman–Crippen LogP) is 2.91. The summed E-state index contributed by atoms with van der Waals surface area (Å²) < 4.78 is 11.6. The smallest absolute Gasteiger partial charge is 0.125 e. The van der Waals surface area contributed by atoms with Gasteiger partial charge in [0.05, 0.1) is 12.1 Å². The van der Waals surface area contributed by atoms with Gasteiger partial charge < -0.3 is 14.8 Å². The van der Waals surface area contributed by atoms with Crippen molar-refractivity contribution in [3.8, 4) is 5.75 Å². The summed E-state index contributed by atoms with van der Waals surface area (Å²) in [5.41, 5.74) is 1.03. The summed E-state index contributed by atoms with van der Waals surface area (Å²) in [5, 5.41) is 3.56. The van der Waals surface area contributed by atoms with Gasteiger partial charge in [0, 0.05) is 18.7 Å².